The van der Waals surface area contributed by atoms with Crippen LogP contribution in [0.1, 0.15) is 66.2 Å². The number of likely N-dealkylation sites (tertiary alicyclic amines) is 1. The van der Waals surface area contributed by atoms with E-state index >= 15 is 0 Å². The fraction of sp³-hybridized carbons (Fsp3) is 0.520. The third-order valence-electron chi connectivity index (χ3n) is 7.16. The topological polar surface area (TPSA) is 86.4 Å². The number of benzene rings is 1. The molecule has 2 fully saturated rings. The van der Waals surface area contributed by atoms with E-state index < -0.39 is 0 Å². The maximum Gasteiger partial charge on any atom is 0.254 e. The monoisotopic (exact) mass is 434 g/mol. The molecule has 0 bridgehead atoms. The van der Waals surface area contributed by atoms with Crippen LogP contribution in [-0.4, -0.2) is 51.2 Å². The van der Waals surface area contributed by atoms with Crippen molar-refractivity contribution in [2.75, 3.05) is 19.6 Å². The SMILES string of the molecule is Cc1ccc([C@H](C)C(=O)N2CC[C@H](c3nc4c(c(=O)[nH]3)CCN(C(=O)C3CC3)C4)C2)cc1. The van der Waals surface area contributed by atoms with Gasteiger partial charge in [-0.15, -0.1) is 0 Å². The molecule has 2 amide bonds. The Morgan fingerprint density at radius 2 is 1.84 bits per heavy atom. The minimum absolute atomic E-state index is 0.0108. The fourth-order valence-electron chi connectivity index (χ4n) is 4.88. The first-order valence-electron chi connectivity index (χ1n) is 11.7. The number of amides is 2. The Hall–Kier alpha value is -2.96. The lowest BCUT2D eigenvalue weighted by Gasteiger charge is -2.28. The number of hydrogen-bond donors (Lipinski definition) is 1. The van der Waals surface area contributed by atoms with E-state index in [2.05, 4.69) is 4.98 Å². The van der Waals surface area contributed by atoms with Gasteiger partial charge in [0.25, 0.3) is 5.56 Å². The predicted molar refractivity (Wildman–Crippen MR) is 120 cm³/mol. The molecule has 2 aromatic rings. The van der Waals surface area contributed by atoms with Gasteiger partial charge in [0.2, 0.25) is 11.8 Å². The summed E-state index contributed by atoms with van der Waals surface area (Å²) >= 11 is 0. The molecule has 1 saturated heterocycles. The standard InChI is InChI=1S/C25H30N4O3/c1-15-3-5-17(6-4-15)16(2)24(31)28-11-9-19(13-28)22-26-21-14-29(25(32)18-7-8-18)12-10-20(21)23(30)27-22/h3-6,16,18-19H,7-14H2,1-2H3,(H,26,27,30)/t16-,19-/m0/s1. The van der Waals surface area contributed by atoms with Crippen LogP contribution in [0.25, 0.3) is 0 Å². The normalized spacial score (nSPS) is 21.4. The van der Waals surface area contributed by atoms with E-state index in [-0.39, 0.29) is 35.1 Å². The van der Waals surface area contributed by atoms with Crippen molar-refractivity contribution in [2.45, 2.75) is 57.9 Å². The first-order chi connectivity index (χ1) is 15.4. The molecular formula is C25H30N4O3. The van der Waals surface area contributed by atoms with Crippen molar-refractivity contribution < 1.29 is 9.59 Å². The first-order valence-corrected chi connectivity index (χ1v) is 11.7. The molecule has 32 heavy (non-hydrogen) atoms. The zero-order valence-electron chi connectivity index (χ0n) is 18.8. The number of aromatic amines is 1. The van der Waals surface area contributed by atoms with Crippen molar-refractivity contribution >= 4 is 11.8 Å². The highest BCUT2D eigenvalue weighted by molar-refractivity contribution is 5.83. The smallest absolute Gasteiger partial charge is 0.254 e. The van der Waals surface area contributed by atoms with Crippen LogP contribution in [0.15, 0.2) is 29.1 Å². The Morgan fingerprint density at radius 1 is 1.09 bits per heavy atom. The van der Waals surface area contributed by atoms with Gasteiger partial charge in [-0.2, -0.15) is 0 Å². The number of aromatic nitrogens is 2. The van der Waals surface area contributed by atoms with Gasteiger partial charge in [-0.1, -0.05) is 29.8 Å². The van der Waals surface area contributed by atoms with Crippen molar-refractivity contribution in [3.8, 4) is 0 Å². The van der Waals surface area contributed by atoms with Crippen LogP contribution in [0.4, 0.5) is 0 Å². The van der Waals surface area contributed by atoms with E-state index in [0.29, 0.717) is 44.0 Å². The number of H-pyrrole nitrogens is 1. The number of nitrogens with one attached hydrogen (secondary N) is 1. The number of hydrogen-bond acceptors (Lipinski definition) is 4. The molecular weight excluding hydrogens is 404 g/mol. The van der Waals surface area contributed by atoms with Gasteiger partial charge in [-0.05, 0) is 45.1 Å². The lowest BCUT2D eigenvalue weighted by atomic mass is 9.98. The van der Waals surface area contributed by atoms with E-state index in [1.807, 2.05) is 47.9 Å². The van der Waals surface area contributed by atoms with Crippen LogP contribution >= 0.6 is 0 Å². The number of fused-ring (bicyclic) bond motifs is 1. The molecule has 168 valence electrons. The summed E-state index contributed by atoms with van der Waals surface area (Å²) < 4.78 is 0. The van der Waals surface area contributed by atoms with Gasteiger partial charge in [0, 0.05) is 37.0 Å². The molecule has 1 N–H and O–H groups in total. The number of rotatable bonds is 4. The van der Waals surface area contributed by atoms with Gasteiger partial charge in [0.1, 0.15) is 5.82 Å². The molecule has 1 aromatic carbocycles. The average molecular weight is 435 g/mol. The minimum atomic E-state index is -0.202. The van der Waals surface area contributed by atoms with Gasteiger partial charge < -0.3 is 14.8 Å². The summed E-state index contributed by atoms with van der Waals surface area (Å²) in [6.07, 6.45) is 3.28. The summed E-state index contributed by atoms with van der Waals surface area (Å²) in [4.78, 5) is 49.8. The van der Waals surface area contributed by atoms with Crippen molar-refractivity contribution in [3.63, 3.8) is 0 Å². The molecule has 0 unspecified atom stereocenters. The predicted octanol–water partition coefficient (Wildman–Crippen LogP) is 2.49. The van der Waals surface area contributed by atoms with E-state index in [9.17, 15) is 14.4 Å². The number of carbonyl (C=O) groups is 2. The molecule has 0 radical (unpaired) electrons. The number of aryl methyl sites for hydroxylation is 1. The second-order valence-corrected chi connectivity index (χ2v) is 9.56. The van der Waals surface area contributed by atoms with Gasteiger partial charge in [0.05, 0.1) is 18.2 Å². The van der Waals surface area contributed by atoms with Gasteiger partial charge in [0.15, 0.2) is 0 Å². The summed E-state index contributed by atoms with van der Waals surface area (Å²) in [7, 11) is 0. The second kappa shape index (κ2) is 8.19. The Labute approximate surface area is 187 Å². The zero-order chi connectivity index (χ0) is 22.4. The summed E-state index contributed by atoms with van der Waals surface area (Å²) in [6, 6.07) is 8.10. The van der Waals surface area contributed by atoms with Crippen LogP contribution in [0.5, 0.6) is 0 Å². The fourth-order valence-corrected chi connectivity index (χ4v) is 4.88. The summed E-state index contributed by atoms with van der Waals surface area (Å²) in [5, 5.41) is 0. The van der Waals surface area contributed by atoms with E-state index in [0.717, 1.165) is 30.5 Å². The summed E-state index contributed by atoms with van der Waals surface area (Å²) in [5.74, 6) is 0.930. The molecule has 7 heteroatoms. The van der Waals surface area contributed by atoms with Crippen LogP contribution < -0.4 is 5.56 Å². The molecule has 1 saturated carbocycles. The van der Waals surface area contributed by atoms with Crippen LogP contribution in [-0.2, 0) is 22.6 Å². The Kier molecular flexibility index (Phi) is 5.35. The minimum Gasteiger partial charge on any atom is -0.341 e. The Bertz CT molecular complexity index is 1100. The Balaban J connectivity index is 1.30. The zero-order valence-corrected chi connectivity index (χ0v) is 18.8. The van der Waals surface area contributed by atoms with Gasteiger partial charge in [-0.3, -0.25) is 14.4 Å². The largest absolute Gasteiger partial charge is 0.341 e. The second-order valence-electron chi connectivity index (χ2n) is 9.56. The molecule has 7 nitrogen and oxygen atoms in total. The molecule has 3 heterocycles. The van der Waals surface area contributed by atoms with E-state index in [4.69, 9.17) is 4.98 Å². The molecule has 1 aromatic heterocycles. The third kappa shape index (κ3) is 3.96. The lowest BCUT2D eigenvalue weighted by Crippen LogP contribution is -2.40. The molecule has 5 rings (SSSR count). The third-order valence-corrected chi connectivity index (χ3v) is 7.16. The van der Waals surface area contributed by atoms with Crippen molar-refractivity contribution in [1.82, 2.24) is 19.8 Å². The molecule has 0 spiro atoms. The van der Waals surface area contributed by atoms with Gasteiger partial charge in [-0.25, -0.2) is 4.98 Å². The summed E-state index contributed by atoms with van der Waals surface area (Å²) in [6.45, 7) is 6.21. The quantitative estimate of drug-likeness (QED) is 0.801. The van der Waals surface area contributed by atoms with E-state index in [1.165, 1.54) is 5.56 Å². The van der Waals surface area contributed by atoms with Crippen LogP contribution in [0.2, 0.25) is 0 Å². The highest BCUT2D eigenvalue weighted by Crippen LogP contribution is 2.33. The molecule has 2 atom stereocenters. The molecule has 2 aliphatic heterocycles. The molecule has 3 aliphatic rings. The van der Waals surface area contributed by atoms with Crippen molar-refractivity contribution in [3.05, 3.63) is 62.8 Å². The highest BCUT2D eigenvalue weighted by atomic mass is 16.2. The first kappa shape index (κ1) is 20.9. The van der Waals surface area contributed by atoms with Crippen LogP contribution in [0, 0.1) is 12.8 Å². The van der Waals surface area contributed by atoms with Gasteiger partial charge >= 0.3 is 0 Å². The number of nitrogens with zero attached hydrogens (tertiary/aromatic N) is 3. The summed E-state index contributed by atoms with van der Waals surface area (Å²) in [5.41, 5.74) is 3.52. The average Bonchev–Trinajstić information content (AvgIpc) is 3.53. The van der Waals surface area contributed by atoms with Crippen LogP contribution in [0.3, 0.4) is 0 Å². The number of carbonyl (C=O) groups excluding carboxylic acids is 2. The highest BCUT2D eigenvalue weighted by Gasteiger charge is 2.36. The molecule has 1 aliphatic carbocycles. The van der Waals surface area contributed by atoms with E-state index in [1.54, 1.807) is 0 Å². The maximum absolute atomic E-state index is 13.1. The Morgan fingerprint density at radius 3 is 2.56 bits per heavy atom. The lowest BCUT2D eigenvalue weighted by molar-refractivity contribution is -0.133. The van der Waals surface area contributed by atoms with Crippen molar-refractivity contribution in [1.29, 1.82) is 0 Å². The van der Waals surface area contributed by atoms with Crippen molar-refractivity contribution in [2.24, 2.45) is 5.92 Å². The maximum atomic E-state index is 13.1.